The molecule has 0 aliphatic heterocycles. The van der Waals surface area contributed by atoms with Gasteiger partial charge < -0.3 is 19.3 Å². The van der Waals surface area contributed by atoms with Gasteiger partial charge in [0.05, 0.1) is 32.7 Å². The van der Waals surface area contributed by atoms with Crippen LogP contribution >= 0.6 is 0 Å². The van der Waals surface area contributed by atoms with E-state index in [1.807, 2.05) is 20.8 Å². The zero-order chi connectivity index (χ0) is 28.6. The summed E-state index contributed by atoms with van der Waals surface area (Å²) in [6.07, 6.45) is 4.82. The summed E-state index contributed by atoms with van der Waals surface area (Å²) in [4.78, 5) is 38.3. The number of ether oxygens (including phenoxy) is 3. The molecule has 0 saturated heterocycles. The molecule has 0 aliphatic rings. The van der Waals surface area contributed by atoms with Crippen LogP contribution in [0.3, 0.4) is 0 Å². The fraction of sp³-hybridized carbons (Fsp3) is 0.900. The van der Waals surface area contributed by atoms with E-state index in [-0.39, 0.29) is 37.6 Å². The Kier molecular flexibility index (Phi) is 17.8. The predicted octanol–water partition coefficient (Wildman–Crippen LogP) is 6.34. The quantitative estimate of drug-likeness (QED) is 0.145. The largest absolute Gasteiger partial charge is 0.465 e. The van der Waals surface area contributed by atoms with Crippen molar-refractivity contribution in [2.75, 3.05) is 19.8 Å². The smallest absolute Gasteiger partial charge is 0.339 e. The van der Waals surface area contributed by atoms with Crippen LogP contribution in [0.15, 0.2) is 0 Å². The van der Waals surface area contributed by atoms with Crippen LogP contribution in [0.5, 0.6) is 0 Å². The maximum Gasteiger partial charge on any atom is 0.339 e. The lowest BCUT2D eigenvalue weighted by molar-refractivity contribution is -0.179. The molecule has 0 spiro atoms. The first kappa shape index (κ1) is 35.4. The molecule has 0 aromatic heterocycles. The van der Waals surface area contributed by atoms with Gasteiger partial charge >= 0.3 is 17.9 Å². The molecule has 0 radical (unpaired) electrons. The third-order valence-electron chi connectivity index (χ3n) is 7.89. The molecule has 7 nitrogen and oxygen atoms in total. The summed E-state index contributed by atoms with van der Waals surface area (Å²) >= 11 is 0. The van der Waals surface area contributed by atoms with Gasteiger partial charge in [0.25, 0.3) is 0 Å². The van der Waals surface area contributed by atoms with Crippen molar-refractivity contribution in [2.45, 2.75) is 119 Å². The molecular weight excluding hydrogens is 472 g/mol. The molecular formula is C30H56O7. The second-order valence-corrected chi connectivity index (χ2v) is 11.6. The third kappa shape index (κ3) is 14.2. The number of hydrogen-bond donors (Lipinski definition) is 1. The number of aliphatic hydroxyl groups is 1. The molecule has 0 heterocycles. The highest BCUT2D eigenvalue weighted by Gasteiger charge is 2.44. The first-order valence-corrected chi connectivity index (χ1v) is 14.5. The Morgan fingerprint density at radius 3 is 1.16 bits per heavy atom. The summed E-state index contributed by atoms with van der Waals surface area (Å²) in [5.41, 5.74) is -2.33. The Balaban J connectivity index is 5.30. The SMILES string of the molecule is CCCC(C)C(C)COC(=O)CC(O)(CC(=O)OCC(C)C(C)CCC)C(=O)OCC(C)C(C)CCC. The Bertz CT molecular complexity index is 626. The van der Waals surface area contributed by atoms with Crippen LogP contribution in [-0.4, -0.2) is 48.4 Å². The van der Waals surface area contributed by atoms with E-state index in [0.717, 1.165) is 38.5 Å². The zero-order valence-electron chi connectivity index (χ0n) is 25.1. The minimum absolute atomic E-state index is 0.0776. The number of carbonyl (C=O) groups is 3. The van der Waals surface area contributed by atoms with Crippen LogP contribution in [0, 0.1) is 35.5 Å². The molecule has 0 amide bonds. The first-order chi connectivity index (χ1) is 17.3. The topological polar surface area (TPSA) is 99.1 Å². The highest BCUT2D eigenvalue weighted by molar-refractivity contribution is 5.90. The predicted molar refractivity (Wildman–Crippen MR) is 147 cm³/mol. The molecule has 0 aromatic carbocycles. The number of hydrogen-bond acceptors (Lipinski definition) is 7. The van der Waals surface area contributed by atoms with Crippen LogP contribution in [0.1, 0.15) is 114 Å². The number of carbonyl (C=O) groups excluding carboxylic acids is 3. The lowest BCUT2D eigenvalue weighted by Gasteiger charge is -2.27. The third-order valence-corrected chi connectivity index (χ3v) is 7.89. The van der Waals surface area contributed by atoms with Gasteiger partial charge in [-0.1, -0.05) is 101 Å². The minimum atomic E-state index is -2.33. The van der Waals surface area contributed by atoms with E-state index in [2.05, 4.69) is 41.5 Å². The molecule has 6 atom stereocenters. The van der Waals surface area contributed by atoms with E-state index in [1.54, 1.807) is 0 Å². The van der Waals surface area contributed by atoms with E-state index >= 15 is 0 Å². The Hall–Kier alpha value is -1.63. The molecule has 0 fully saturated rings. The highest BCUT2D eigenvalue weighted by atomic mass is 16.6. The summed E-state index contributed by atoms with van der Waals surface area (Å²) in [5, 5.41) is 11.2. The molecule has 1 N–H and O–H groups in total. The molecule has 0 aliphatic carbocycles. The Labute approximate surface area is 226 Å². The van der Waals surface area contributed by atoms with Crippen molar-refractivity contribution in [1.82, 2.24) is 0 Å². The van der Waals surface area contributed by atoms with Crippen LogP contribution in [0.2, 0.25) is 0 Å². The zero-order valence-corrected chi connectivity index (χ0v) is 25.1. The fourth-order valence-corrected chi connectivity index (χ4v) is 4.29. The van der Waals surface area contributed by atoms with Gasteiger partial charge in [-0.15, -0.1) is 0 Å². The maximum absolute atomic E-state index is 13.0. The standard InChI is InChI=1S/C30H56O7/c1-10-13-21(4)24(7)18-35-27(31)16-30(34,29(33)37-20-26(9)23(6)15-12-3)17-28(32)36-19-25(8)22(5)14-11-2/h21-26,34H,10-20H2,1-9H3. The molecule has 0 rings (SSSR count). The van der Waals surface area contributed by atoms with Crippen LogP contribution in [-0.2, 0) is 28.6 Å². The molecule has 6 unspecified atom stereocenters. The summed E-state index contributed by atoms with van der Waals surface area (Å²) in [6, 6.07) is 0. The van der Waals surface area contributed by atoms with E-state index in [0.29, 0.717) is 17.8 Å². The lowest BCUT2D eigenvalue weighted by atomic mass is 9.92. The van der Waals surface area contributed by atoms with Crippen molar-refractivity contribution >= 4 is 17.9 Å². The molecule has 0 aromatic rings. The van der Waals surface area contributed by atoms with E-state index in [4.69, 9.17) is 14.2 Å². The monoisotopic (exact) mass is 528 g/mol. The van der Waals surface area contributed by atoms with E-state index in [9.17, 15) is 19.5 Å². The van der Waals surface area contributed by atoms with Crippen molar-refractivity contribution in [3.05, 3.63) is 0 Å². The van der Waals surface area contributed by atoms with E-state index in [1.165, 1.54) is 0 Å². The van der Waals surface area contributed by atoms with Gasteiger partial charge in [0.1, 0.15) is 0 Å². The minimum Gasteiger partial charge on any atom is -0.465 e. The van der Waals surface area contributed by atoms with Gasteiger partial charge in [-0.25, -0.2) is 4.79 Å². The maximum atomic E-state index is 13.0. The van der Waals surface area contributed by atoms with Crippen molar-refractivity contribution in [1.29, 1.82) is 0 Å². The average Bonchev–Trinajstić information content (AvgIpc) is 2.84. The summed E-state index contributed by atoms with van der Waals surface area (Å²) in [7, 11) is 0. The second kappa shape index (κ2) is 18.6. The van der Waals surface area contributed by atoms with Crippen LogP contribution in [0.25, 0.3) is 0 Å². The molecule has 0 bridgehead atoms. The number of rotatable bonds is 20. The van der Waals surface area contributed by atoms with Gasteiger partial charge in [0.15, 0.2) is 5.60 Å². The van der Waals surface area contributed by atoms with Crippen LogP contribution in [0.4, 0.5) is 0 Å². The average molecular weight is 529 g/mol. The molecule has 7 heteroatoms. The molecule has 218 valence electrons. The molecule has 37 heavy (non-hydrogen) atoms. The van der Waals surface area contributed by atoms with Crippen molar-refractivity contribution < 1.29 is 33.7 Å². The lowest BCUT2D eigenvalue weighted by Crippen LogP contribution is -2.45. The van der Waals surface area contributed by atoms with Crippen molar-refractivity contribution in [3.63, 3.8) is 0 Å². The summed E-state index contributed by atoms with van der Waals surface area (Å²) < 4.78 is 16.2. The van der Waals surface area contributed by atoms with Gasteiger partial charge in [-0.3, -0.25) is 9.59 Å². The second-order valence-electron chi connectivity index (χ2n) is 11.6. The van der Waals surface area contributed by atoms with E-state index < -0.39 is 36.4 Å². The highest BCUT2D eigenvalue weighted by Crippen LogP contribution is 2.24. The first-order valence-electron chi connectivity index (χ1n) is 14.5. The van der Waals surface area contributed by atoms with Gasteiger partial charge in [0.2, 0.25) is 0 Å². The summed E-state index contributed by atoms with van der Waals surface area (Å²) in [5.74, 6) is -1.02. The van der Waals surface area contributed by atoms with Gasteiger partial charge in [-0.05, 0) is 35.5 Å². The summed E-state index contributed by atoms with van der Waals surface area (Å²) in [6.45, 7) is 19.1. The molecule has 0 saturated carbocycles. The van der Waals surface area contributed by atoms with Crippen molar-refractivity contribution in [3.8, 4) is 0 Å². The van der Waals surface area contributed by atoms with Gasteiger partial charge in [-0.2, -0.15) is 0 Å². The fourth-order valence-electron chi connectivity index (χ4n) is 4.29. The van der Waals surface area contributed by atoms with Gasteiger partial charge in [0, 0.05) is 0 Å². The van der Waals surface area contributed by atoms with Crippen molar-refractivity contribution in [2.24, 2.45) is 35.5 Å². The number of esters is 3. The Morgan fingerprint density at radius 2 is 0.865 bits per heavy atom. The van der Waals surface area contributed by atoms with Crippen LogP contribution < -0.4 is 0 Å². The normalized spacial score (nSPS) is 18.0. The Morgan fingerprint density at radius 1 is 0.568 bits per heavy atom.